The minimum Gasteiger partial charge on any atom is -0.379 e. The van der Waals surface area contributed by atoms with Crippen LogP contribution in [-0.2, 0) is 6.54 Å². The van der Waals surface area contributed by atoms with Crippen molar-refractivity contribution >= 4 is 11.4 Å². The molecule has 2 heterocycles. The van der Waals surface area contributed by atoms with Crippen LogP contribution < -0.4 is 10.2 Å². The maximum absolute atomic E-state index is 4.33. The van der Waals surface area contributed by atoms with E-state index < -0.39 is 0 Å². The van der Waals surface area contributed by atoms with E-state index in [1.807, 2.05) is 24.4 Å². The average Bonchev–Trinajstić information content (AvgIpc) is 3.01. The van der Waals surface area contributed by atoms with E-state index in [9.17, 15) is 0 Å². The van der Waals surface area contributed by atoms with Crippen molar-refractivity contribution in [2.45, 2.75) is 26.3 Å². The molecule has 0 unspecified atom stereocenters. The number of aromatic nitrogens is 1. The first kappa shape index (κ1) is 13.0. The molecule has 1 aromatic carbocycles. The molecule has 0 spiro atoms. The number of hydrogen-bond acceptors (Lipinski definition) is 3. The number of anilines is 2. The maximum Gasteiger partial charge on any atom is 0.0594 e. The lowest BCUT2D eigenvalue weighted by Gasteiger charge is -2.19. The van der Waals surface area contributed by atoms with E-state index in [0.29, 0.717) is 0 Å². The topological polar surface area (TPSA) is 28.2 Å². The fourth-order valence-electron chi connectivity index (χ4n) is 2.71. The second-order valence-corrected chi connectivity index (χ2v) is 5.37. The third-order valence-corrected chi connectivity index (χ3v) is 3.87. The van der Waals surface area contributed by atoms with E-state index in [-0.39, 0.29) is 0 Å². The number of aryl methyl sites for hydroxylation is 1. The van der Waals surface area contributed by atoms with Gasteiger partial charge in [-0.15, -0.1) is 0 Å². The third-order valence-electron chi connectivity index (χ3n) is 3.87. The molecule has 1 fully saturated rings. The second-order valence-electron chi connectivity index (χ2n) is 5.37. The zero-order valence-corrected chi connectivity index (χ0v) is 12.0. The van der Waals surface area contributed by atoms with E-state index >= 15 is 0 Å². The molecule has 2 aromatic rings. The monoisotopic (exact) mass is 267 g/mol. The van der Waals surface area contributed by atoms with Crippen LogP contribution in [0, 0.1) is 6.92 Å². The van der Waals surface area contributed by atoms with Gasteiger partial charge in [-0.25, -0.2) is 0 Å². The number of nitrogens with zero attached hydrogens (tertiary/aromatic N) is 2. The van der Waals surface area contributed by atoms with Crippen LogP contribution in [-0.4, -0.2) is 18.1 Å². The fourth-order valence-corrected chi connectivity index (χ4v) is 2.71. The van der Waals surface area contributed by atoms with Gasteiger partial charge in [0.1, 0.15) is 0 Å². The number of hydrogen-bond donors (Lipinski definition) is 1. The highest BCUT2D eigenvalue weighted by Crippen LogP contribution is 2.25. The van der Waals surface area contributed by atoms with Gasteiger partial charge in [-0.2, -0.15) is 0 Å². The molecule has 104 valence electrons. The Hall–Kier alpha value is -2.03. The van der Waals surface area contributed by atoms with Gasteiger partial charge in [-0.3, -0.25) is 4.98 Å². The molecule has 1 aliphatic rings. The van der Waals surface area contributed by atoms with Gasteiger partial charge >= 0.3 is 0 Å². The lowest BCUT2D eigenvalue weighted by atomic mass is 10.1. The third kappa shape index (κ3) is 2.93. The molecule has 0 amide bonds. The first-order valence-electron chi connectivity index (χ1n) is 7.32. The van der Waals surface area contributed by atoms with Crippen molar-refractivity contribution < 1.29 is 0 Å². The molecule has 0 saturated carbocycles. The van der Waals surface area contributed by atoms with E-state index in [1.165, 1.54) is 42.9 Å². The zero-order chi connectivity index (χ0) is 13.8. The van der Waals surface area contributed by atoms with Gasteiger partial charge in [-0.05, 0) is 55.7 Å². The van der Waals surface area contributed by atoms with Gasteiger partial charge < -0.3 is 10.2 Å². The summed E-state index contributed by atoms with van der Waals surface area (Å²) in [4.78, 5) is 6.80. The van der Waals surface area contributed by atoms with Gasteiger partial charge in [0, 0.05) is 30.7 Å². The van der Waals surface area contributed by atoms with Crippen LogP contribution in [0.5, 0.6) is 0 Å². The average molecular weight is 267 g/mol. The quantitative estimate of drug-likeness (QED) is 0.917. The molecule has 0 bridgehead atoms. The Morgan fingerprint density at radius 1 is 1.15 bits per heavy atom. The van der Waals surface area contributed by atoms with Crippen molar-refractivity contribution in [2.75, 3.05) is 23.3 Å². The summed E-state index contributed by atoms with van der Waals surface area (Å²) >= 11 is 0. The highest BCUT2D eigenvalue weighted by Gasteiger charge is 2.12. The Labute approximate surface area is 120 Å². The first-order chi connectivity index (χ1) is 9.83. The van der Waals surface area contributed by atoms with Crippen LogP contribution >= 0.6 is 0 Å². The predicted octanol–water partition coefficient (Wildman–Crippen LogP) is 3.60. The van der Waals surface area contributed by atoms with E-state index in [4.69, 9.17) is 0 Å². The normalized spacial score (nSPS) is 14.6. The first-order valence-corrected chi connectivity index (χ1v) is 7.32. The fraction of sp³-hybridized carbons (Fsp3) is 0.353. The Balaban J connectivity index is 1.68. The Morgan fingerprint density at radius 2 is 2.00 bits per heavy atom. The highest BCUT2D eigenvalue weighted by atomic mass is 15.1. The van der Waals surface area contributed by atoms with E-state index in [2.05, 4.69) is 40.3 Å². The lowest BCUT2D eigenvalue weighted by molar-refractivity contribution is 0.949. The Morgan fingerprint density at radius 3 is 2.70 bits per heavy atom. The van der Waals surface area contributed by atoms with Crippen molar-refractivity contribution in [2.24, 2.45) is 0 Å². The van der Waals surface area contributed by atoms with Crippen molar-refractivity contribution in [3.8, 4) is 0 Å². The SMILES string of the molecule is Cc1cc(N2CCCC2)ccc1NCc1ccccn1. The van der Waals surface area contributed by atoms with Crippen LogP contribution in [0.1, 0.15) is 24.1 Å². The standard InChI is InChI=1S/C17H21N3/c1-14-12-16(20-10-4-5-11-20)7-8-17(14)19-13-15-6-2-3-9-18-15/h2-3,6-9,12,19H,4-5,10-11,13H2,1H3. The zero-order valence-electron chi connectivity index (χ0n) is 12.0. The summed E-state index contributed by atoms with van der Waals surface area (Å²) in [5, 5.41) is 3.47. The number of rotatable bonds is 4. The molecular formula is C17H21N3. The molecule has 3 rings (SSSR count). The molecule has 0 aliphatic carbocycles. The molecule has 1 aliphatic heterocycles. The largest absolute Gasteiger partial charge is 0.379 e. The molecular weight excluding hydrogens is 246 g/mol. The second kappa shape index (κ2) is 5.95. The van der Waals surface area contributed by atoms with Crippen LogP contribution in [0.2, 0.25) is 0 Å². The number of nitrogens with one attached hydrogen (secondary N) is 1. The van der Waals surface area contributed by atoms with E-state index in [1.54, 1.807) is 0 Å². The van der Waals surface area contributed by atoms with Crippen LogP contribution in [0.15, 0.2) is 42.6 Å². The van der Waals surface area contributed by atoms with Gasteiger partial charge in [0.2, 0.25) is 0 Å². The summed E-state index contributed by atoms with van der Waals surface area (Å²) in [5.41, 5.74) is 4.91. The summed E-state index contributed by atoms with van der Waals surface area (Å²) in [7, 11) is 0. The minimum absolute atomic E-state index is 0.769. The minimum atomic E-state index is 0.769. The molecule has 3 heteroatoms. The summed E-state index contributed by atoms with van der Waals surface area (Å²) < 4.78 is 0. The number of benzene rings is 1. The van der Waals surface area contributed by atoms with Crippen molar-refractivity contribution in [3.05, 3.63) is 53.9 Å². The molecule has 3 nitrogen and oxygen atoms in total. The smallest absolute Gasteiger partial charge is 0.0594 e. The molecule has 20 heavy (non-hydrogen) atoms. The van der Waals surface area contributed by atoms with Crippen LogP contribution in [0.4, 0.5) is 11.4 Å². The van der Waals surface area contributed by atoms with Crippen molar-refractivity contribution in [1.29, 1.82) is 0 Å². The maximum atomic E-state index is 4.33. The molecule has 1 aromatic heterocycles. The molecule has 1 N–H and O–H groups in total. The Kier molecular flexibility index (Phi) is 3.86. The van der Waals surface area contributed by atoms with Gasteiger partial charge in [0.25, 0.3) is 0 Å². The highest BCUT2D eigenvalue weighted by molar-refractivity contribution is 5.60. The predicted molar refractivity (Wildman–Crippen MR) is 84.2 cm³/mol. The number of pyridine rings is 1. The summed E-state index contributed by atoms with van der Waals surface area (Å²) in [6, 6.07) is 12.7. The molecule has 0 radical (unpaired) electrons. The summed E-state index contributed by atoms with van der Waals surface area (Å²) in [5.74, 6) is 0. The summed E-state index contributed by atoms with van der Waals surface area (Å²) in [6.45, 7) is 5.32. The van der Waals surface area contributed by atoms with Gasteiger partial charge in [0.15, 0.2) is 0 Å². The van der Waals surface area contributed by atoms with Crippen molar-refractivity contribution in [1.82, 2.24) is 4.98 Å². The van der Waals surface area contributed by atoms with Gasteiger partial charge in [0.05, 0.1) is 12.2 Å². The van der Waals surface area contributed by atoms with Crippen LogP contribution in [0.3, 0.4) is 0 Å². The van der Waals surface area contributed by atoms with E-state index in [0.717, 1.165) is 12.2 Å². The lowest BCUT2D eigenvalue weighted by Crippen LogP contribution is -2.17. The summed E-state index contributed by atoms with van der Waals surface area (Å²) in [6.07, 6.45) is 4.47. The Bertz CT molecular complexity index is 560. The van der Waals surface area contributed by atoms with Crippen LogP contribution in [0.25, 0.3) is 0 Å². The molecule has 1 saturated heterocycles. The van der Waals surface area contributed by atoms with Crippen molar-refractivity contribution in [3.63, 3.8) is 0 Å². The molecule has 0 atom stereocenters. The van der Waals surface area contributed by atoms with Gasteiger partial charge in [-0.1, -0.05) is 6.07 Å².